The van der Waals surface area contributed by atoms with Gasteiger partial charge in [-0.1, -0.05) is 17.7 Å². The van der Waals surface area contributed by atoms with Crippen molar-refractivity contribution in [3.05, 3.63) is 58.1 Å². The maximum absolute atomic E-state index is 12.2. The Balaban J connectivity index is 2.19. The molecule has 0 bridgehead atoms. The molecular weight excluding hydrogens is 272 g/mol. The molecule has 0 aliphatic heterocycles. The first-order chi connectivity index (χ1) is 9.51. The van der Waals surface area contributed by atoms with Crippen LogP contribution in [-0.2, 0) is 0 Å². The number of benzene rings is 2. The molecule has 0 atom stereocenters. The van der Waals surface area contributed by atoms with E-state index in [0.717, 1.165) is 16.8 Å². The van der Waals surface area contributed by atoms with E-state index in [1.807, 2.05) is 45.2 Å². The van der Waals surface area contributed by atoms with Gasteiger partial charge in [-0.25, -0.2) is 0 Å². The van der Waals surface area contributed by atoms with Crippen molar-refractivity contribution in [3.63, 3.8) is 0 Å². The van der Waals surface area contributed by atoms with Crippen molar-refractivity contribution in [3.8, 4) is 0 Å². The van der Waals surface area contributed by atoms with E-state index in [0.29, 0.717) is 16.3 Å². The minimum absolute atomic E-state index is 0.143. The molecule has 0 aliphatic rings. The minimum atomic E-state index is -0.143. The molecule has 2 N–H and O–H groups in total. The summed E-state index contributed by atoms with van der Waals surface area (Å²) >= 11 is 6.05. The molecule has 0 radical (unpaired) electrons. The Labute approximate surface area is 124 Å². The monoisotopic (exact) mass is 288 g/mol. The normalized spacial score (nSPS) is 10.2. The van der Waals surface area contributed by atoms with Crippen molar-refractivity contribution in [1.82, 2.24) is 0 Å². The summed E-state index contributed by atoms with van der Waals surface area (Å²) < 4.78 is 0. The highest BCUT2D eigenvalue weighted by Crippen LogP contribution is 2.21. The summed E-state index contributed by atoms with van der Waals surface area (Å²) in [6.07, 6.45) is 0. The van der Waals surface area contributed by atoms with Crippen LogP contribution in [-0.4, -0.2) is 13.0 Å². The van der Waals surface area contributed by atoms with Gasteiger partial charge in [0.25, 0.3) is 5.91 Å². The molecule has 0 aromatic heterocycles. The second-order valence-electron chi connectivity index (χ2n) is 4.70. The fourth-order valence-electron chi connectivity index (χ4n) is 1.96. The van der Waals surface area contributed by atoms with Gasteiger partial charge >= 0.3 is 0 Å². The number of halogens is 1. The molecule has 0 saturated carbocycles. The minimum Gasteiger partial charge on any atom is -0.388 e. The zero-order valence-corrected chi connectivity index (χ0v) is 12.5. The van der Waals surface area contributed by atoms with E-state index in [1.54, 1.807) is 12.1 Å². The Morgan fingerprint density at radius 2 is 1.80 bits per heavy atom. The largest absolute Gasteiger partial charge is 0.388 e. The number of carbonyl (C=O) groups excluding carboxylic acids is 1. The average molecular weight is 289 g/mol. The van der Waals surface area contributed by atoms with Crippen molar-refractivity contribution in [2.24, 2.45) is 0 Å². The Kier molecular flexibility index (Phi) is 4.30. The summed E-state index contributed by atoms with van der Waals surface area (Å²) in [4.78, 5) is 12.2. The lowest BCUT2D eigenvalue weighted by Crippen LogP contribution is -2.12. The highest BCUT2D eigenvalue weighted by molar-refractivity contribution is 6.31. The van der Waals surface area contributed by atoms with Crippen LogP contribution >= 0.6 is 11.6 Å². The first-order valence-corrected chi connectivity index (χ1v) is 6.75. The molecule has 4 heteroatoms. The van der Waals surface area contributed by atoms with Gasteiger partial charge < -0.3 is 10.6 Å². The van der Waals surface area contributed by atoms with E-state index in [2.05, 4.69) is 10.6 Å². The molecule has 0 aliphatic carbocycles. The van der Waals surface area contributed by atoms with Gasteiger partial charge in [0.15, 0.2) is 0 Å². The first kappa shape index (κ1) is 14.4. The Morgan fingerprint density at radius 1 is 1.05 bits per heavy atom. The van der Waals surface area contributed by atoms with Crippen molar-refractivity contribution in [1.29, 1.82) is 0 Å². The highest BCUT2D eigenvalue weighted by Gasteiger charge is 2.08. The van der Waals surface area contributed by atoms with Crippen molar-refractivity contribution in [2.45, 2.75) is 13.8 Å². The van der Waals surface area contributed by atoms with Crippen LogP contribution in [0.15, 0.2) is 36.4 Å². The lowest BCUT2D eigenvalue weighted by atomic mass is 10.1. The third kappa shape index (κ3) is 3.11. The molecule has 0 spiro atoms. The number of hydrogen-bond donors (Lipinski definition) is 2. The standard InChI is InChI=1S/C16H17ClN2O/c1-10-4-6-13(9-14(10)17)19-16(20)12-5-7-15(18-3)11(2)8-12/h4-9,18H,1-3H3,(H,19,20). The third-order valence-electron chi connectivity index (χ3n) is 3.19. The van der Waals surface area contributed by atoms with Gasteiger partial charge in [-0.15, -0.1) is 0 Å². The molecule has 0 unspecified atom stereocenters. The maximum Gasteiger partial charge on any atom is 0.255 e. The van der Waals surface area contributed by atoms with Gasteiger partial charge in [-0.2, -0.15) is 0 Å². The molecule has 0 saturated heterocycles. The van der Waals surface area contributed by atoms with E-state index in [1.165, 1.54) is 0 Å². The maximum atomic E-state index is 12.2. The van der Waals surface area contributed by atoms with E-state index >= 15 is 0 Å². The molecule has 104 valence electrons. The molecular formula is C16H17ClN2O. The number of amides is 1. The molecule has 2 aromatic carbocycles. The number of nitrogens with one attached hydrogen (secondary N) is 2. The van der Waals surface area contributed by atoms with Gasteiger partial charge in [0.05, 0.1) is 0 Å². The summed E-state index contributed by atoms with van der Waals surface area (Å²) in [6, 6.07) is 11.0. The number of carbonyl (C=O) groups is 1. The summed E-state index contributed by atoms with van der Waals surface area (Å²) in [5.74, 6) is -0.143. The van der Waals surface area contributed by atoms with Crippen molar-refractivity contribution < 1.29 is 4.79 Å². The van der Waals surface area contributed by atoms with E-state index in [-0.39, 0.29) is 5.91 Å². The summed E-state index contributed by atoms with van der Waals surface area (Å²) in [6.45, 7) is 3.89. The molecule has 20 heavy (non-hydrogen) atoms. The predicted molar refractivity (Wildman–Crippen MR) is 84.9 cm³/mol. The zero-order chi connectivity index (χ0) is 14.7. The smallest absolute Gasteiger partial charge is 0.255 e. The molecule has 2 rings (SSSR count). The van der Waals surface area contributed by atoms with Crippen LogP contribution in [0.2, 0.25) is 5.02 Å². The Morgan fingerprint density at radius 3 is 2.40 bits per heavy atom. The topological polar surface area (TPSA) is 41.1 Å². The lowest BCUT2D eigenvalue weighted by molar-refractivity contribution is 0.102. The number of aryl methyl sites for hydroxylation is 2. The number of rotatable bonds is 3. The zero-order valence-electron chi connectivity index (χ0n) is 11.8. The van der Waals surface area contributed by atoms with Crippen LogP contribution in [0, 0.1) is 13.8 Å². The Hall–Kier alpha value is -2.00. The van der Waals surface area contributed by atoms with E-state index in [4.69, 9.17) is 11.6 Å². The predicted octanol–water partition coefficient (Wildman–Crippen LogP) is 4.25. The van der Waals surface area contributed by atoms with E-state index in [9.17, 15) is 4.79 Å². The highest BCUT2D eigenvalue weighted by atomic mass is 35.5. The van der Waals surface area contributed by atoms with Gasteiger partial charge in [0.1, 0.15) is 0 Å². The fraction of sp³-hybridized carbons (Fsp3) is 0.188. The summed E-state index contributed by atoms with van der Waals surface area (Å²) in [5.41, 5.74) is 4.35. The fourth-order valence-corrected chi connectivity index (χ4v) is 2.14. The molecule has 2 aromatic rings. The van der Waals surface area contributed by atoms with Crippen LogP contribution in [0.25, 0.3) is 0 Å². The number of anilines is 2. The molecule has 0 heterocycles. The van der Waals surface area contributed by atoms with Crippen LogP contribution in [0.1, 0.15) is 21.5 Å². The quantitative estimate of drug-likeness (QED) is 0.886. The van der Waals surface area contributed by atoms with Crippen LogP contribution < -0.4 is 10.6 Å². The lowest BCUT2D eigenvalue weighted by Gasteiger charge is -2.09. The van der Waals surface area contributed by atoms with Gasteiger partial charge in [0.2, 0.25) is 0 Å². The van der Waals surface area contributed by atoms with Crippen molar-refractivity contribution in [2.75, 3.05) is 17.7 Å². The van der Waals surface area contributed by atoms with Gasteiger partial charge in [0, 0.05) is 29.0 Å². The van der Waals surface area contributed by atoms with Crippen LogP contribution in [0.4, 0.5) is 11.4 Å². The SMILES string of the molecule is CNc1ccc(C(=O)Nc2ccc(C)c(Cl)c2)cc1C. The summed E-state index contributed by atoms with van der Waals surface area (Å²) in [5, 5.41) is 6.57. The Bertz CT molecular complexity index is 653. The van der Waals surface area contributed by atoms with Crippen molar-refractivity contribution >= 4 is 28.9 Å². The van der Waals surface area contributed by atoms with Crippen LogP contribution in [0.3, 0.4) is 0 Å². The van der Waals surface area contributed by atoms with E-state index < -0.39 is 0 Å². The third-order valence-corrected chi connectivity index (χ3v) is 3.59. The summed E-state index contributed by atoms with van der Waals surface area (Å²) in [7, 11) is 1.86. The van der Waals surface area contributed by atoms with Crippen LogP contribution in [0.5, 0.6) is 0 Å². The van der Waals surface area contributed by atoms with Gasteiger partial charge in [-0.3, -0.25) is 4.79 Å². The molecule has 1 amide bonds. The second-order valence-corrected chi connectivity index (χ2v) is 5.10. The first-order valence-electron chi connectivity index (χ1n) is 6.37. The molecule has 3 nitrogen and oxygen atoms in total. The van der Waals surface area contributed by atoms with Gasteiger partial charge in [-0.05, 0) is 55.3 Å². The number of hydrogen-bond acceptors (Lipinski definition) is 2. The average Bonchev–Trinajstić information content (AvgIpc) is 2.42. The molecule has 0 fully saturated rings. The second kappa shape index (κ2) is 5.97.